The van der Waals surface area contributed by atoms with E-state index in [0.717, 1.165) is 5.57 Å². The van der Waals surface area contributed by atoms with Crippen LogP contribution in [0.3, 0.4) is 0 Å². The topological polar surface area (TPSA) is 9.72 Å². The Hall–Kier alpha value is -0.943. The van der Waals surface area contributed by atoms with Crippen molar-refractivity contribution in [1.82, 2.24) is 13.7 Å². The first kappa shape index (κ1) is 34.1. The standard InChI is InChI=1S/C33H63N3Si/c1-9-15-25-34(26-16-10-2)37(35(27-17-11-3)28-18-12-4,36(29-19-13-5)30-20-14-6)33-23-21-32(22-24-33)31(7)8/h21-24H,7,9-20,25-30H2,1-6,8H3. The molecule has 214 valence electrons. The van der Waals surface area contributed by atoms with Gasteiger partial charge in [0.05, 0.1) is 0 Å². The first-order chi connectivity index (χ1) is 18.0. The van der Waals surface area contributed by atoms with Gasteiger partial charge in [0.1, 0.15) is 0 Å². The van der Waals surface area contributed by atoms with Crippen LogP contribution < -0.4 is 5.19 Å². The first-order valence-corrected chi connectivity index (χ1v) is 17.8. The fourth-order valence-corrected chi connectivity index (χ4v) is 11.2. The van der Waals surface area contributed by atoms with Crippen molar-refractivity contribution in [1.29, 1.82) is 0 Å². The van der Waals surface area contributed by atoms with E-state index in [1.165, 1.54) is 122 Å². The Labute approximate surface area is 233 Å². The second-order valence-corrected chi connectivity index (χ2v) is 14.8. The molecule has 0 amide bonds. The van der Waals surface area contributed by atoms with E-state index >= 15 is 0 Å². The lowest BCUT2D eigenvalue weighted by atomic mass is 10.1. The zero-order valence-electron chi connectivity index (χ0n) is 26.1. The number of hydrogen-bond acceptors (Lipinski definition) is 3. The maximum atomic E-state index is 4.25. The molecule has 0 N–H and O–H groups in total. The summed E-state index contributed by atoms with van der Waals surface area (Å²) < 4.78 is 9.14. The maximum Gasteiger partial charge on any atom is 0.323 e. The molecule has 1 rings (SSSR count). The third-order valence-corrected chi connectivity index (χ3v) is 12.9. The van der Waals surface area contributed by atoms with E-state index in [2.05, 4.69) is 93.0 Å². The predicted molar refractivity (Wildman–Crippen MR) is 171 cm³/mol. The van der Waals surface area contributed by atoms with Gasteiger partial charge in [-0.05, 0) is 95.5 Å². The van der Waals surface area contributed by atoms with Crippen LogP contribution in [0.25, 0.3) is 5.57 Å². The van der Waals surface area contributed by atoms with Gasteiger partial charge in [-0.2, -0.15) is 0 Å². The van der Waals surface area contributed by atoms with E-state index in [0.29, 0.717) is 0 Å². The molecule has 0 spiro atoms. The van der Waals surface area contributed by atoms with Crippen molar-refractivity contribution in [3.63, 3.8) is 0 Å². The molecule has 1 aromatic carbocycles. The van der Waals surface area contributed by atoms with Gasteiger partial charge in [0.2, 0.25) is 0 Å². The third kappa shape index (κ3) is 10.3. The van der Waals surface area contributed by atoms with Crippen LogP contribution in [0.2, 0.25) is 0 Å². The summed E-state index contributed by atoms with van der Waals surface area (Å²) in [4.78, 5) is 0. The van der Waals surface area contributed by atoms with Crippen molar-refractivity contribution in [3.8, 4) is 0 Å². The lowest BCUT2D eigenvalue weighted by Crippen LogP contribution is -2.82. The average Bonchev–Trinajstić information content (AvgIpc) is 2.91. The van der Waals surface area contributed by atoms with E-state index < -0.39 is 8.56 Å². The monoisotopic (exact) mass is 529 g/mol. The molecule has 0 saturated carbocycles. The van der Waals surface area contributed by atoms with Gasteiger partial charge in [0.25, 0.3) is 0 Å². The van der Waals surface area contributed by atoms with E-state index in [1.807, 2.05) is 0 Å². The summed E-state index contributed by atoms with van der Waals surface area (Å²) in [5.74, 6) is 0. The van der Waals surface area contributed by atoms with Gasteiger partial charge < -0.3 is 0 Å². The molecule has 0 saturated heterocycles. The van der Waals surface area contributed by atoms with E-state index in [1.54, 1.807) is 5.19 Å². The highest BCUT2D eigenvalue weighted by molar-refractivity contribution is 6.84. The van der Waals surface area contributed by atoms with Crippen LogP contribution in [-0.2, 0) is 0 Å². The molecule has 37 heavy (non-hydrogen) atoms. The highest BCUT2D eigenvalue weighted by atomic mass is 28.4. The van der Waals surface area contributed by atoms with Gasteiger partial charge in [-0.25, -0.2) is 0 Å². The molecule has 0 bridgehead atoms. The zero-order chi connectivity index (χ0) is 27.5. The van der Waals surface area contributed by atoms with Crippen molar-refractivity contribution in [2.24, 2.45) is 0 Å². The summed E-state index contributed by atoms with van der Waals surface area (Å²) in [5, 5.41) is 1.60. The fourth-order valence-electron chi connectivity index (χ4n) is 5.49. The molecule has 0 unspecified atom stereocenters. The minimum Gasteiger partial charge on any atom is -0.296 e. The zero-order valence-corrected chi connectivity index (χ0v) is 27.1. The smallest absolute Gasteiger partial charge is 0.296 e. The summed E-state index contributed by atoms with van der Waals surface area (Å²) in [6, 6.07) is 9.76. The second kappa shape index (κ2) is 20.0. The SMILES string of the molecule is C=C(C)c1ccc([Si](N(CCCC)CCCC)(N(CCCC)CCCC)N(CCCC)CCCC)cc1. The minimum absolute atomic E-state index is 1.16. The van der Waals surface area contributed by atoms with Crippen molar-refractivity contribution in [2.75, 3.05) is 39.3 Å². The van der Waals surface area contributed by atoms with Gasteiger partial charge in [-0.1, -0.05) is 116 Å². The molecule has 0 atom stereocenters. The van der Waals surface area contributed by atoms with E-state index in [9.17, 15) is 0 Å². The van der Waals surface area contributed by atoms with Crippen LogP contribution in [0.4, 0.5) is 0 Å². The van der Waals surface area contributed by atoms with Gasteiger partial charge in [-0.3, -0.25) is 13.7 Å². The first-order valence-electron chi connectivity index (χ1n) is 16.0. The second-order valence-electron chi connectivity index (χ2n) is 11.1. The largest absolute Gasteiger partial charge is 0.323 e. The predicted octanol–water partition coefficient (Wildman–Crippen LogP) is 8.57. The highest BCUT2D eigenvalue weighted by Crippen LogP contribution is 2.27. The van der Waals surface area contributed by atoms with Crippen LogP contribution in [0, 0.1) is 0 Å². The maximum absolute atomic E-state index is 4.25. The van der Waals surface area contributed by atoms with E-state index in [-0.39, 0.29) is 0 Å². The fraction of sp³-hybridized carbons (Fsp3) is 0.758. The molecule has 0 heterocycles. The summed E-state index contributed by atoms with van der Waals surface area (Å²) >= 11 is 0. The van der Waals surface area contributed by atoms with Crippen molar-refractivity contribution >= 4 is 19.3 Å². The van der Waals surface area contributed by atoms with Gasteiger partial charge in [0.15, 0.2) is 0 Å². The van der Waals surface area contributed by atoms with Crippen LogP contribution in [-0.4, -0.2) is 61.5 Å². The number of rotatable bonds is 23. The molecule has 3 nitrogen and oxygen atoms in total. The van der Waals surface area contributed by atoms with Crippen LogP contribution in [0.5, 0.6) is 0 Å². The number of hydrogen-bond donors (Lipinski definition) is 0. The Bertz CT molecular complexity index is 628. The van der Waals surface area contributed by atoms with Gasteiger partial charge in [0, 0.05) is 0 Å². The molecule has 0 radical (unpaired) electrons. The third-order valence-electron chi connectivity index (χ3n) is 7.78. The van der Waals surface area contributed by atoms with Crippen molar-refractivity contribution in [2.45, 2.75) is 126 Å². The number of unbranched alkanes of at least 4 members (excludes halogenated alkanes) is 6. The van der Waals surface area contributed by atoms with Crippen LogP contribution in [0.1, 0.15) is 131 Å². The lowest BCUT2D eigenvalue weighted by Gasteiger charge is -2.55. The molecule has 0 aliphatic carbocycles. The van der Waals surface area contributed by atoms with Crippen molar-refractivity contribution < 1.29 is 0 Å². The molecular weight excluding hydrogens is 466 g/mol. The number of allylic oxidation sites excluding steroid dienone is 1. The molecular formula is C33H63N3Si. The van der Waals surface area contributed by atoms with Crippen molar-refractivity contribution in [3.05, 3.63) is 36.4 Å². The average molecular weight is 530 g/mol. The molecule has 1 aromatic rings. The lowest BCUT2D eigenvalue weighted by molar-refractivity contribution is 0.234. The van der Waals surface area contributed by atoms with Gasteiger partial charge >= 0.3 is 8.56 Å². The Balaban J connectivity index is 3.98. The molecule has 0 aliphatic rings. The number of nitrogens with zero attached hydrogens (tertiary/aromatic N) is 3. The summed E-state index contributed by atoms with van der Waals surface area (Å²) in [6.45, 7) is 27.9. The Kier molecular flexibility index (Phi) is 18.5. The van der Waals surface area contributed by atoms with Crippen LogP contribution in [0.15, 0.2) is 30.8 Å². The minimum atomic E-state index is -2.37. The van der Waals surface area contributed by atoms with E-state index in [4.69, 9.17) is 0 Å². The molecule has 4 heteroatoms. The van der Waals surface area contributed by atoms with Crippen LogP contribution >= 0.6 is 0 Å². The normalized spacial score (nSPS) is 12.3. The highest BCUT2D eigenvalue weighted by Gasteiger charge is 2.51. The molecule has 0 aliphatic heterocycles. The summed E-state index contributed by atoms with van der Waals surface area (Å²) in [6.07, 6.45) is 15.3. The Morgan fingerprint density at radius 2 is 0.811 bits per heavy atom. The Morgan fingerprint density at radius 1 is 0.541 bits per heavy atom. The Morgan fingerprint density at radius 3 is 1.03 bits per heavy atom. The summed E-state index contributed by atoms with van der Waals surface area (Å²) in [7, 11) is -2.37. The molecule has 0 aromatic heterocycles. The van der Waals surface area contributed by atoms with Gasteiger partial charge in [-0.15, -0.1) is 0 Å². The molecule has 0 fully saturated rings. The summed E-state index contributed by atoms with van der Waals surface area (Å²) in [5.41, 5.74) is 2.44. The number of benzene rings is 1. The quantitative estimate of drug-likeness (QED) is 0.131.